The van der Waals surface area contributed by atoms with Crippen LogP contribution in [0.5, 0.6) is 0 Å². The number of amides is 1. The zero-order chi connectivity index (χ0) is 26.0. The summed E-state index contributed by atoms with van der Waals surface area (Å²) in [7, 11) is 0. The Morgan fingerprint density at radius 2 is 1.86 bits per heavy atom. The van der Waals surface area contributed by atoms with E-state index >= 15 is 0 Å². The monoisotopic (exact) mass is 511 g/mol. The lowest BCUT2D eigenvalue weighted by molar-refractivity contribution is -0.126. The van der Waals surface area contributed by atoms with Crippen molar-refractivity contribution in [2.24, 2.45) is 11.8 Å². The number of pyridine rings is 1. The summed E-state index contributed by atoms with van der Waals surface area (Å²) < 4.78 is 16.2. The van der Waals surface area contributed by atoms with Gasteiger partial charge in [0.15, 0.2) is 0 Å². The van der Waals surface area contributed by atoms with Crippen molar-refractivity contribution < 1.29 is 9.18 Å². The summed E-state index contributed by atoms with van der Waals surface area (Å²) in [6.07, 6.45) is 2.24. The van der Waals surface area contributed by atoms with Crippen molar-refractivity contribution in [3.8, 4) is 11.3 Å². The van der Waals surface area contributed by atoms with Crippen LogP contribution < -0.4 is 10.6 Å². The van der Waals surface area contributed by atoms with E-state index in [1.807, 2.05) is 4.90 Å². The van der Waals surface area contributed by atoms with Gasteiger partial charge in [-0.3, -0.25) is 9.36 Å². The minimum Gasteiger partial charge on any atom is -0.352 e. The Bertz CT molecular complexity index is 1350. The van der Waals surface area contributed by atoms with Gasteiger partial charge in [-0.1, -0.05) is 51.1 Å². The van der Waals surface area contributed by atoms with Crippen molar-refractivity contribution >= 4 is 34.4 Å². The molecule has 1 unspecified atom stereocenters. The third-order valence-electron chi connectivity index (χ3n) is 6.45. The Morgan fingerprint density at radius 1 is 1.17 bits per heavy atom. The average molecular weight is 512 g/mol. The Balaban J connectivity index is 1.85. The summed E-state index contributed by atoms with van der Waals surface area (Å²) in [5.41, 5.74) is 0.568. The lowest BCUT2D eigenvalue weighted by Crippen LogP contribution is -2.49. The quantitative estimate of drug-likeness (QED) is 0.427. The van der Waals surface area contributed by atoms with Crippen LogP contribution >= 0.6 is 11.6 Å². The maximum atomic E-state index is 14.7. The number of piperazine rings is 1. The molecule has 0 spiro atoms. The standard InChI is InChI=1S/C27H31ClFN5O2/c1-5-23(35)32-10-12-33(13-11-32)25-20-15-21(28)24(19-8-6-7-9-22(19)29)30-26(20)34(27(36)31-25)16-18(4)14-17(2)3/h5-9,15,17-18H,1,10-14,16H2,2-4H3. The maximum Gasteiger partial charge on any atom is 0.351 e. The second-order valence-electron chi connectivity index (χ2n) is 9.75. The zero-order valence-electron chi connectivity index (χ0n) is 20.9. The minimum atomic E-state index is -0.439. The summed E-state index contributed by atoms with van der Waals surface area (Å²) in [5.74, 6) is 0.594. The number of halogens is 2. The third-order valence-corrected chi connectivity index (χ3v) is 6.74. The molecule has 1 saturated heterocycles. The van der Waals surface area contributed by atoms with Crippen LogP contribution in [0.4, 0.5) is 10.2 Å². The fourth-order valence-electron chi connectivity index (χ4n) is 4.86. The van der Waals surface area contributed by atoms with Crippen LogP contribution in [0, 0.1) is 17.7 Å². The smallest absolute Gasteiger partial charge is 0.351 e. The topological polar surface area (TPSA) is 71.3 Å². The van der Waals surface area contributed by atoms with Crippen LogP contribution in [0.3, 0.4) is 0 Å². The number of benzene rings is 1. The molecule has 1 aliphatic heterocycles. The molecule has 190 valence electrons. The molecule has 7 nitrogen and oxygen atoms in total. The molecule has 0 bridgehead atoms. The van der Waals surface area contributed by atoms with E-state index in [1.165, 1.54) is 12.1 Å². The van der Waals surface area contributed by atoms with E-state index in [9.17, 15) is 14.0 Å². The Hall–Kier alpha value is -3.26. The highest BCUT2D eigenvalue weighted by molar-refractivity contribution is 6.33. The summed E-state index contributed by atoms with van der Waals surface area (Å²) >= 11 is 6.64. The molecule has 0 N–H and O–H groups in total. The van der Waals surface area contributed by atoms with Crippen LogP contribution in [-0.2, 0) is 11.3 Å². The van der Waals surface area contributed by atoms with Gasteiger partial charge in [-0.2, -0.15) is 4.98 Å². The van der Waals surface area contributed by atoms with Crippen molar-refractivity contribution in [2.45, 2.75) is 33.7 Å². The van der Waals surface area contributed by atoms with Crippen molar-refractivity contribution in [2.75, 3.05) is 31.1 Å². The molecule has 3 heterocycles. The number of anilines is 1. The molecule has 0 aliphatic carbocycles. The molecule has 2 aromatic heterocycles. The first-order valence-corrected chi connectivity index (χ1v) is 12.6. The second kappa shape index (κ2) is 10.8. The molecule has 0 radical (unpaired) electrons. The van der Waals surface area contributed by atoms with Crippen molar-refractivity contribution in [3.63, 3.8) is 0 Å². The van der Waals surface area contributed by atoms with E-state index in [2.05, 4.69) is 32.3 Å². The number of aromatic nitrogens is 3. The Labute approximate surface area is 215 Å². The third kappa shape index (κ3) is 5.28. The first-order valence-electron chi connectivity index (χ1n) is 12.2. The first kappa shape index (κ1) is 25.8. The van der Waals surface area contributed by atoms with Crippen LogP contribution in [0.15, 0.2) is 47.8 Å². The van der Waals surface area contributed by atoms with Gasteiger partial charge >= 0.3 is 5.69 Å². The van der Waals surface area contributed by atoms with E-state index in [0.717, 1.165) is 6.42 Å². The van der Waals surface area contributed by atoms with Crippen LogP contribution in [0.2, 0.25) is 5.02 Å². The van der Waals surface area contributed by atoms with Gasteiger partial charge in [0, 0.05) is 38.3 Å². The zero-order valence-corrected chi connectivity index (χ0v) is 21.6. The normalized spacial score (nSPS) is 14.9. The summed E-state index contributed by atoms with van der Waals surface area (Å²) in [4.78, 5) is 38.2. The van der Waals surface area contributed by atoms with Gasteiger partial charge in [0.2, 0.25) is 5.91 Å². The highest BCUT2D eigenvalue weighted by Gasteiger charge is 2.25. The second-order valence-corrected chi connectivity index (χ2v) is 10.2. The molecule has 0 saturated carbocycles. The van der Waals surface area contributed by atoms with Crippen molar-refractivity contribution in [1.29, 1.82) is 0 Å². The molecule has 4 rings (SSSR count). The number of hydrogen-bond donors (Lipinski definition) is 0. The van der Waals surface area contributed by atoms with Gasteiger partial charge in [-0.15, -0.1) is 0 Å². The number of carbonyl (C=O) groups is 1. The van der Waals surface area contributed by atoms with E-state index in [4.69, 9.17) is 16.6 Å². The largest absolute Gasteiger partial charge is 0.352 e. The lowest BCUT2D eigenvalue weighted by Gasteiger charge is -2.35. The summed E-state index contributed by atoms with van der Waals surface area (Å²) in [6.45, 7) is 12.3. The van der Waals surface area contributed by atoms with E-state index in [0.29, 0.717) is 55.5 Å². The lowest BCUT2D eigenvalue weighted by atomic mass is 9.99. The average Bonchev–Trinajstić information content (AvgIpc) is 2.85. The number of nitrogens with zero attached hydrogens (tertiary/aromatic N) is 5. The molecule has 3 aromatic rings. The Morgan fingerprint density at radius 3 is 2.50 bits per heavy atom. The number of fused-ring (bicyclic) bond motifs is 1. The molecule has 1 aromatic carbocycles. The number of hydrogen-bond acceptors (Lipinski definition) is 5. The summed E-state index contributed by atoms with van der Waals surface area (Å²) in [6, 6.07) is 8.03. The SMILES string of the molecule is C=CC(=O)N1CCN(c2nc(=O)n(CC(C)CC(C)C)c3nc(-c4ccccc4F)c(Cl)cc23)CC1. The number of rotatable bonds is 7. The molecular weight excluding hydrogens is 481 g/mol. The van der Waals surface area contributed by atoms with E-state index in [1.54, 1.807) is 33.7 Å². The molecule has 1 aliphatic rings. The molecule has 36 heavy (non-hydrogen) atoms. The fourth-order valence-corrected chi connectivity index (χ4v) is 5.11. The Kier molecular flexibility index (Phi) is 7.73. The molecule has 1 amide bonds. The van der Waals surface area contributed by atoms with Crippen molar-refractivity contribution in [3.05, 3.63) is 64.3 Å². The summed E-state index contributed by atoms with van der Waals surface area (Å²) in [5, 5.41) is 0.900. The molecular formula is C27H31ClFN5O2. The van der Waals surface area contributed by atoms with Gasteiger partial charge in [0.05, 0.1) is 16.1 Å². The fraction of sp³-hybridized carbons (Fsp3) is 0.407. The van der Waals surface area contributed by atoms with Crippen molar-refractivity contribution in [1.82, 2.24) is 19.4 Å². The predicted octanol–water partition coefficient (Wildman–Crippen LogP) is 4.77. The van der Waals surface area contributed by atoms with E-state index in [-0.39, 0.29) is 28.1 Å². The maximum absolute atomic E-state index is 14.7. The van der Waals surface area contributed by atoms with Crippen LogP contribution in [-0.4, -0.2) is 51.5 Å². The van der Waals surface area contributed by atoms with E-state index < -0.39 is 11.5 Å². The first-order chi connectivity index (χ1) is 17.2. The van der Waals surface area contributed by atoms with Gasteiger partial charge in [0.25, 0.3) is 0 Å². The highest BCUT2D eigenvalue weighted by atomic mass is 35.5. The van der Waals surface area contributed by atoms with Gasteiger partial charge in [0.1, 0.15) is 17.3 Å². The highest BCUT2D eigenvalue weighted by Crippen LogP contribution is 2.34. The molecule has 1 fully saturated rings. The molecule has 1 atom stereocenters. The van der Waals surface area contributed by atoms with Crippen LogP contribution in [0.1, 0.15) is 27.2 Å². The number of carbonyl (C=O) groups excluding carboxylic acids is 1. The minimum absolute atomic E-state index is 0.124. The molecule has 9 heteroatoms. The predicted molar refractivity (Wildman–Crippen MR) is 142 cm³/mol. The van der Waals surface area contributed by atoms with Gasteiger partial charge in [-0.05, 0) is 42.5 Å². The van der Waals surface area contributed by atoms with Crippen LogP contribution in [0.25, 0.3) is 22.3 Å². The van der Waals surface area contributed by atoms with Gasteiger partial charge < -0.3 is 9.80 Å². The van der Waals surface area contributed by atoms with Gasteiger partial charge in [-0.25, -0.2) is 14.2 Å².